The Labute approximate surface area is 169 Å². The van der Waals surface area contributed by atoms with Crippen molar-refractivity contribution >= 4 is 11.9 Å². The quantitative estimate of drug-likeness (QED) is 0.321. The van der Waals surface area contributed by atoms with Crippen molar-refractivity contribution in [2.24, 2.45) is 0 Å². The van der Waals surface area contributed by atoms with E-state index in [9.17, 15) is 9.90 Å². The number of allylic oxidation sites excluding steroid dienone is 1. The van der Waals surface area contributed by atoms with Crippen LogP contribution in [0.4, 0.5) is 0 Å². The molecule has 0 atom stereocenters. The van der Waals surface area contributed by atoms with Crippen LogP contribution in [0.2, 0.25) is 0 Å². The first kappa shape index (κ1) is 20.2. The maximum Gasteiger partial charge on any atom is 0.189 e. The van der Waals surface area contributed by atoms with E-state index >= 15 is 0 Å². The number of benzene rings is 3. The van der Waals surface area contributed by atoms with Gasteiger partial charge in [0.05, 0.1) is 5.56 Å². The van der Waals surface area contributed by atoms with Crippen molar-refractivity contribution in [1.82, 2.24) is 0 Å². The van der Waals surface area contributed by atoms with Crippen LogP contribution in [0.1, 0.15) is 21.5 Å². The molecule has 0 fully saturated rings. The minimum atomic E-state index is -0.283. The molecule has 0 heterocycles. The van der Waals surface area contributed by atoms with E-state index in [0.717, 1.165) is 11.1 Å². The molecule has 29 heavy (non-hydrogen) atoms. The SMILES string of the molecule is COCOc1ccc(C=CC(=O)c2ccccc2O)cc1OCc1ccccc1. The zero-order chi connectivity index (χ0) is 20.5. The Morgan fingerprint density at radius 2 is 1.69 bits per heavy atom. The molecule has 0 aliphatic heterocycles. The summed E-state index contributed by atoms with van der Waals surface area (Å²) in [6.07, 6.45) is 3.09. The van der Waals surface area contributed by atoms with Crippen LogP contribution in [0.3, 0.4) is 0 Å². The van der Waals surface area contributed by atoms with Gasteiger partial charge in [-0.05, 0) is 41.5 Å². The Morgan fingerprint density at radius 3 is 2.45 bits per heavy atom. The van der Waals surface area contributed by atoms with Gasteiger partial charge in [0.1, 0.15) is 12.4 Å². The summed E-state index contributed by atoms with van der Waals surface area (Å²) in [5.74, 6) is 0.766. The van der Waals surface area contributed by atoms with E-state index < -0.39 is 0 Å². The van der Waals surface area contributed by atoms with Gasteiger partial charge < -0.3 is 19.3 Å². The first-order chi connectivity index (χ1) is 14.2. The fourth-order valence-electron chi connectivity index (χ4n) is 2.66. The van der Waals surface area contributed by atoms with Crippen molar-refractivity contribution in [2.45, 2.75) is 6.61 Å². The van der Waals surface area contributed by atoms with Crippen molar-refractivity contribution < 1.29 is 24.1 Å². The minimum Gasteiger partial charge on any atom is -0.507 e. The fourth-order valence-corrected chi connectivity index (χ4v) is 2.66. The summed E-state index contributed by atoms with van der Waals surface area (Å²) in [4.78, 5) is 12.3. The summed E-state index contributed by atoms with van der Waals surface area (Å²) in [6, 6.07) is 21.6. The Morgan fingerprint density at radius 1 is 0.931 bits per heavy atom. The van der Waals surface area contributed by atoms with E-state index in [1.165, 1.54) is 12.1 Å². The number of carbonyl (C=O) groups excluding carboxylic acids is 1. The first-order valence-corrected chi connectivity index (χ1v) is 9.10. The molecule has 5 nitrogen and oxygen atoms in total. The van der Waals surface area contributed by atoms with Gasteiger partial charge in [-0.1, -0.05) is 54.6 Å². The number of methoxy groups -OCH3 is 1. The average molecular weight is 390 g/mol. The van der Waals surface area contributed by atoms with Crippen LogP contribution >= 0.6 is 0 Å². The molecule has 0 bridgehead atoms. The highest BCUT2D eigenvalue weighted by Gasteiger charge is 2.09. The minimum absolute atomic E-state index is 0.0441. The van der Waals surface area contributed by atoms with E-state index in [-0.39, 0.29) is 23.9 Å². The van der Waals surface area contributed by atoms with Gasteiger partial charge in [0.25, 0.3) is 0 Å². The monoisotopic (exact) mass is 390 g/mol. The molecule has 0 radical (unpaired) electrons. The smallest absolute Gasteiger partial charge is 0.189 e. The topological polar surface area (TPSA) is 65.0 Å². The van der Waals surface area contributed by atoms with E-state index in [1.54, 1.807) is 43.5 Å². The van der Waals surface area contributed by atoms with E-state index in [2.05, 4.69) is 0 Å². The number of hydrogen-bond acceptors (Lipinski definition) is 5. The second-order valence-electron chi connectivity index (χ2n) is 6.25. The van der Waals surface area contributed by atoms with Gasteiger partial charge in [0, 0.05) is 7.11 Å². The molecular formula is C24H22O5. The molecule has 0 spiro atoms. The zero-order valence-corrected chi connectivity index (χ0v) is 16.1. The van der Waals surface area contributed by atoms with Crippen LogP contribution in [0.5, 0.6) is 17.2 Å². The molecule has 0 aliphatic carbocycles. The molecule has 0 aliphatic rings. The lowest BCUT2D eigenvalue weighted by molar-refractivity contribution is 0.0484. The lowest BCUT2D eigenvalue weighted by Crippen LogP contribution is -2.03. The van der Waals surface area contributed by atoms with Crippen LogP contribution in [0.25, 0.3) is 6.08 Å². The molecule has 0 amide bonds. The Hall–Kier alpha value is -3.57. The zero-order valence-electron chi connectivity index (χ0n) is 16.1. The first-order valence-electron chi connectivity index (χ1n) is 9.10. The van der Waals surface area contributed by atoms with Crippen LogP contribution < -0.4 is 9.47 Å². The third kappa shape index (κ3) is 5.70. The van der Waals surface area contributed by atoms with E-state index in [0.29, 0.717) is 18.1 Å². The number of aromatic hydroxyl groups is 1. The number of phenolic OH excluding ortho intramolecular Hbond substituents is 1. The second kappa shape index (κ2) is 10.1. The predicted molar refractivity (Wildman–Crippen MR) is 111 cm³/mol. The van der Waals surface area contributed by atoms with Gasteiger partial charge >= 0.3 is 0 Å². The normalized spacial score (nSPS) is 10.8. The predicted octanol–water partition coefficient (Wildman–Crippen LogP) is 4.85. The molecule has 0 saturated heterocycles. The molecule has 0 unspecified atom stereocenters. The lowest BCUT2D eigenvalue weighted by atomic mass is 10.1. The fraction of sp³-hybridized carbons (Fsp3) is 0.125. The van der Waals surface area contributed by atoms with Gasteiger partial charge in [-0.15, -0.1) is 0 Å². The summed E-state index contributed by atoms with van der Waals surface area (Å²) < 4.78 is 16.5. The number of carbonyl (C=O) groups is 1. The van der Waals surface area contributed by atoms with Crippen molar-refractivity contribution in [2.75, 3.05) is 13.9 Å². The van der Waals surface area contributed by atoms with Crippen LogP contribution in [-0.2, 0) is 11.3 Å². The highest BCUT2D eigenvalue weighted by molar-refractivity contribution is 6.08. The van der Waals surface area contributed by atoms with Crippen LogP contribution in [0, 0.1) is 0 Å². The molecule has 3 aromatic rings. The molecule has 5 heteroatoms. The van der Waals surface area contributed by atoms with Gasteiger partial charge in [-0.3, -0.25) is 4.79 Å². The molecule has 3 rings (SSSR count). The third-order valence-electron chi connectivity index (χ3n) is 4.13. The van der Waals surface area contributed by atoms with Crippen molar-refractivity contribution in [3.63, 3.8) is 0 Å². The number of ketones is 1. The molecule has 148 valence electrons. The highest BCUT2D eigenvalue weighted by atomic mass is 16.7. The molecule has 1 N–H and O–H groups in total. The van der Waals surface area contributed by atoms with Gasteiger partial charge in [-0.2, -0.15) is 0 Å². The second-order valence-corrected chi connectivity index (χ2v) is 6.25. The maximum absolute atomic E-state index is 12.3. The highest BCUT2D eigenvalue weighted by Crippen LogP contribution is 2.30. The lowest BCUT2D eigenvalue weighted by Gasteiger charge is -2.13. The van der Waals surface area contributed by atoms with Gasteiger partial charge in [0.15, 0.2) is 24.1 Å². The number of rotatable bonds is 9. The average Bonchev–Trinajstić information content (AvgIpc) is 2.76. The van der Waals surface area contributed by atoms with Crippen molar-refractivity contribution in [3.8, 4) is 17.2 Å². The van der Waals surface area contributed by atoms with Crippen molar-refractivity contribution in [1.29, 1.82) is 0 Å². The summed E-state index contributed by atoms with van der Waals surface area (Å²) in [5.41, 5.74) is 2.05. The summed E-state index contributed by atoms with van der Waals surface area (Å²) >= 11 is 0. The molecule has 0 saturated carbocycles. The molecule has 3 aromatic carbocycles. The maximum atomic E-state index is 12.3. The number of ether oxygens (including phenoxy) is 3. The summed E-state index contributed by atoms with van der Waals surface area (Å²) in [7, 11) is 1.55. The van der Waals surface area contributed by atoms with Crippen LogP contribution in [0.15, 0.2) is 78.9 Å². The van der Waals surface area contributed by atoms with Gasteiger partial charge in [0.2, 0.25) is 0 Å². The van der Waals surface area contributed by atoms with Gasteiger partial charge in [-0.25, -0.2) is 0 Å². The largest absolute Gasteiger partial charge is 0.507 e. The van der Waals surface area contributed by atoms with E-state index in [4.69, 9.17) is 14.2 Å². The Kier molecular flexibility index (Phi) is 7.03. The summed E-state index contributed by atoms with van der Waals surface area (Å²) in [6.45, 7) is 0.483. The Bertz CT molecular complexity index is 980. The number of para-hydroxylation sites is 1. The van der Waals surface area contributed by atoms with Crippen LogP contribution in [-0.4, -0.2) is 24.8 Å². The molecular weight excluding hydrogens is 368 g/mol. The van der Waals surface area contributed by atoms with E-state index in [1.807, 2.05) is 36.4 Å². The number of hydrogen-bond donors (Lipinski definition) is 1. The standard InChI is InChI=1S/C24H22O5/c1-27-17-29-23-14-12-18(11-13-22(26)20-9-5-6-10-21(20)25)15-24(23)28-16-19-7-3-2-4-8-19/h2-15,25H,16-17H2,1H3. The third-order valence-corrected chi connectivity index (χ3v) is 4.13. The van der Waals surface area contributed by atoms with Crippen molar-refractivity contribution in [3.05, 3.63) is 95.6 Å². The molecule has 0 aromatic heterocycles. The number of phenols is 1. The summed E-state index contributed by atoms with van der Waals surface area (Å²) in [5, 5.41) is 9.82. The Balaban J connectivity index is 1.78.